The molecule has 0 aliphatic rings. The van der Waals surface area contributed by atoms with Gasteiger partial charge in [-0.05, 0) is 37.7 Å². The van der Waals surface area contributed by atoms with Gasteiger partial charge in [0.25, 0.3) is 0 Å². The van der Waals surface area contributed by atoms with Gasteiger partial charge in [0.05, 0.1) is 12.0 Å². The van der Waals surface area contributed by atoms with Crippen molar-refractivity contribution >= 4 is 0 Å². The lowest BCUT2D eigenvalue weighted by molar-refractivity contribution is 0.571. The topological polar surface area (TPSA) is 17.8 Å². The summed E-state index contributed by atoms with van der Waals surface area (Å²) in [6.45, 7) is 5.00. The molecular formula is C21H31N2. The van der Waals surface area contributed by atoms with Gasteiger partial charge in [0.2, 0.25) is 0 Å². The number of nitrogens with zero attached hydrogens (tertiary/aromatic N) is 2. The summed E-state index contributed by atoms with van der Waals surface area (Å²) in [5.41, 5.74) is 2.71. The summed E-state index contributed by atoms with van der Waals surface area (Å²) in [6.07, 6.45) is 16.6. The highest BCUT2D eigenvalue weighted by Gasteiger charge is 1.99. The van der Waals surface area contributed by atoms with E-state index in [4.69, 9.17) is 0 Å². The van der Waals surface area contributed by atoms with Crippen LogP contribution in [0.5, 0.6) is 0 Å². The van der Waals surface area contributed by atoms with E-state index in [-0.39, 0.29) is 0 Å². The zero-order valence-electron chi connectivity index (χ0n) is 14.4. The normalized spacial score (nSPS) is 11.0. The lowest BCUT2D eigenvalue weighted by Gasteiger charge is -2.03. The standard InChI is InChI=1S/C21H31N2/c1-2-3-4-11-16-21-18-23(19-22-21)17-12-6-5-8-13-20-14-9-7-10-15-20/h7,9-10,14-15,18-19H,1-6,8,11-13,16-17H2. The molecule has 1 aromatic heterocycles. The average Bonchev–Trinajstić information content (AvgIpc) is 3.03. The first-order valence-corrected chi connectivity index (χ1v) is 9.22. The highest BCUT2D eigenvalue weighted by Crippen LogP contribution is 2.10. The van der Waals surface area contributed by atoms with Crippen LogP contribution < -0.4 is 0 Å². The van der Waals surface area contributed by atoms with E-state index < -0.39 is 0 Å². The monoisotopic (exact) mass is 311 g/mol. The van der Waals surface area contributed by atoms with Crippen molar-refractivity contribution in [2.75, 3.05) is 0 Å². The summed E-state index contributed by atoms with van der Waals surface area (Å²) in [5.74, 6) is 0. The van der Waals surface area contributed by atoms with Gasteiger partial charge in [-0.3, -0.25) is 0 Å². The Morgan fingerprint density at radius 2 is 1.57 bits per heavy atom. The van der Waals surface area contributed by atoms with E-state index in [1.165, 1.54) is 62.6 Å². The third kappa shape index (κ3) is 7.49. The molecule has 0 fully saturated rings. The maximum absolute atomic E-state index is 4.52. The summed E-state index contributed by atoms with van der Waals surface area (Å²) >= 11 is 0. The van der Waals surface area contributed by atoms with Gasteiger partial charge in [-0.15, -0.1) is 0 Å². The molecule has 125 valence electrons. The summed E-state index contributed by atoms with van der Waals surface area (Å²) < 4.78 is 2.26. The molecular weight excluding hydrogens is 280 g/mol. The number of imidazole rings is 1. The fourth-order valence-electron chi connectivity index (χ4n) is 2.94. The van der Waals surface area contributed by atoms with Crippen LogP contribution in [0.4, 0.5) is 0 Å². The highest BCUT2D eigenvalue weighted by molar-refractivity contribution is 5.14. The Morgan fingerprint density at radius 3 is 2.39 bits per heavy atom. The lowest BCUT2D eigenvalue weighted by atomic mass is 10.1. The van der Waals surface area contributed by atoms with Crippen LogP contribution >= 0.6 is 0 Å². The third-order valence-corrected chi connectivity index (χ3v) is 4.34. The van der Waals surface area contributed by atoms with Crippen molar-refractivity contribution < 1.29 is 0 Å². The molecule has 1 radical (unpaired) electrons. The predicted octanol–water partition coefficient (Wildman–Crippen LogP) is 5.62. The van der Waals surface area contributed by atoms with Gasteiger partial charge in [0.1, 0.15) is 0 Å². The van der Waals surface area contributed by atoms with E-state index in [9.17, 15) is 0 Å². The maximum Gasteiger partial charge on any atom is 0.0949 e. The van der Waals surface area contributed by atoms with Crippen LogP contribution in [0.25, 0.3) is 0 Å². The molecule has 0 amide bonds. The van der Waals surface area contributed by atoms with Gasteiger partial charge in [0, 0.05) is 12.7 Å². The SMILES string of the molecule is [CH2]CCCCCc1cn(CCCCCCc2ccccc2)cn1. The molecule has 0 aliphatic carbocycles. The van der Waals surface area contributed by atoms with E-state index in [0.29, 0.717) is 0 Å². The molecule has 0 saturated heterocycles. The quantitative estimate of drug-likeness (QED) is 0.465. The van der Waals surface area contributed by atoms with E-state index in [0.717, 1.165) is 19.4 Å². The first-order chi connectivity index (χ1) is 11.4. The molecule has 2 nitrogen and oxygen atoms in total. The molecule has 1 aromatic carbocycles. The minimum atomic E-state index is 1.05. The Hall–Kier alpha value is -1.57. The van der Waals surface area contributed by atoms with Gasteiger partial charge in [0.15, 0.2) is 0 Å². The van der Waals surface area contributed by atoms with Crippen molar-refractivity contribution in [2.24, 2.45) is 0 Å². The number of rotatable bonds is 12. The second kappa shape index (κ2) is 11.0. The molecule has 0 atom stereocenters. The van der Waals surface area contributed by atoms with Gasteiger partial charge in [-0.1, -0.05) is 69.4 Å². The Bertz CT molecular complexity index is 516. The molecule has 2 rings (SSSR count). The summed E-state index contributed by atoms with van der Waals surface area (Å²) in [7, 11) is 0. The molecule has 0 N–H and O–H groups in total. The van der Waals surface area contributed by atoms with E-state index in [1.807, 2.05) is 6.33 Å². The molecule has 1 heterocycles. The van der Waals surface area contributed by atoms with Crippen LogP contribution in [0, 0.1) is 6.92 Å². The van der Waals surface area contributed by atoms with Crippen molar-refractivity contribution in [3.8, 4) is 0 Å². The summed E-state index contributed by atoms with van der Waals surface area (Å²) in [6, 6.07) is 10.8. The molecule has 23 heavy (non-hydrogen) atoms. The molecule has 2 aromatic rings. The van der Waals surface area contributed by atoms with Crippen LogP contribution in [-0.2, 0) is 19.4 Å². The minimum Gasteiger partial charge on any atom is -0.337 e. The van der Waals surface area contributed by atoms with Crippen molar-refractivity contribution in [1.29, 1.82) is 0 Å². The maximum atomic E-state index is 4.52. The van der Waals surface area contributed by atoms with Crippen molar-refractivity contribution in [3.63, 3.8) is 0 Å². The lowest BCUT2D eigenvalue weighted by Crippen LogP contribution is -1.95. The third-order valence-electron chi connectivity index (χ3n) is 4.34. The fraction of sp³-hybridized carbons (Fsp3) is 0.524. The van der Waals surface area contributed by atoms with Crippen LogP contribution in [-0.4, -0.2) is 9.55 Å². The zero-order chi connectivity index (χ0) is 16.2. The Kier molecular flexibility index (Phi) is 8.53. The van der Waals surface area contributed by atoms with E-state index in [2.05, 4.69) is 53.0 Å². The predicted molar refractivity (Wildman–Crippen MR) is 98.4 cm³/mol. The van der Waals surface area contributed by atoms with Gasteiger partial charge >= 0.3 is 0 Å². The number of benzene rings is 1. The number of aromatic nitrogens is 2. The van der Waals surface area contributed by atoms with Crippen molar-refractivity contribution in [1.82, 2.24) is 9.55 Å². The molecule has 0 saturated carbocycles. The molecule has 0 bridgehead atoms. The summed E-state index contributed by atoms with van der Waals surface area (Å²) in [5, 5.41) is 0. The Balaban J connectivity index is 1.52. The highest BCUT2D eigenvalue weighted by atomic mass is 15.0. The summed E-state index contributed by atoms with van der Waals surface area (Å²) in [4.78, 5) is 4.52. The van der Waals surface area contributed by atoms with Crippen LogP contribution in [0.1, 0.15) is 62.6 Å². The van der Waals surface area contributed by atoms with E-state index in [1.54, 1.807) is 0 Å². The van der Waals surface area contributed by atoms with Crippen LogP contribution in [0.15, 0.2) is 42.9 Å². The first kappa shape index (κ1) is 17.8. The zero-order valence-corrected chi connectivity index (χ0v) is 14.4. The first-order valence-electron chi connectivity index (χ1n) is 9.22. The Morgan fingerprint density at radius 1 is 0.826 bits per heavy atom. The smallest absolute Gasteiger partial charge is 0.0949 e. The van der Waals surface area contributed by atoms with E-state index >= 15 is 0 Å². The fourth-order valence-corrected chi connectivity index (χ4v) is 2.94. The number of hydrogen-bond donors (Lipinski definition) is 0. The number of unbranched alkanes of at least 4 members (excludes halogenated alkanes) is 6. The number of hydrogen-bond acceptors (Lipinski definition) is 1. The largest absolute Gasteiger partial charge is 0.337 e. The van der Waals surface area contributed by atoms with Gasteiger partial charge in [-0.25, -0.2) is 4.98 Å². The van der Waals surface area contributed by atoms with Gasteiger partial charge in [-0.2, -0.15) is 0 Å². The second-order valence-electron chi connectivity index (χ2n) is 6.42. The van der Waals surface area contributed by atoms with Crippen LogP contribution in [0.3, 0.4) is 0 Å². The minimum absolute atomic E-state index is 1.05. The van der Waals surface area contributed by atoms with Crippen molar-refractivity contribution in [3.05, 3.63) is 61.0 Å². The van der Waals surface area contributed by atoms with Crippen LogP contribution in [0.2, 0.25) is 0 Å². The van der Waals surface area contributed by atoms with Gasteiger partial charge < -0.3 is 4.57 Å². The molecule has 0 unspecified atom stereocenters. The number of aryl methyl sites for hydroxylation is 3. The molecule has 0 aliphatic heterocycles. The average molecular weight is 311 g/mol. The molecule has 2 heteroatoms. The second-order valence-corrected chi connectivity index (χ2v) is 6.42. The Labute approximate surface area is 142 Å². The molecule has 0 spiro atoms. The van der Waals surface area contributed by atoms with Crippen molar-refractivity contribution in [2.45, 2.75) is 70.8 Å².